The van der Waals surface area contributed by atoms with Gasteiger partial charge < -0.3 is 15.1 Å². The van der Waals surface area contributed by atoms with Crippen molar-refractivity contribution in [2.75, 3.05) is 39.8 Å². The van der Waals surface area contributed by atoms with E-state index in [1.54, 1.807) is 11.0 Å². The smallest absolute Gasteiger partial charge is 0.254 e. The lowest BCUT2D eigenvalue weighted by molar-refractivity contribution is -0.131. The Labute approximate surface area is 149 Å². The van der Waals surface area contributed by atoms with Gasteiger partial charge in [0, 0.05) is 37.6 Å². The first kappa shape index (κ1) is 17.6. The van der Waals surface area contributed by atoms with Crippen LogP contribution in [0.3, 0.4) is 0 Å². The van der Waals surface area contributed by atoms with Crippen molar-refractivity contribution in [2.45, 2.75) is 0 Å². The quantitative estimate of drug-likeness (QED) is 0.839. The second-order valence-corrected chi connectivity index (χ2v) is 6.39. The van der Waals surface area contributed by atoms with Gasteiger partial charge in [-0.25, -0.2) is 9.37 Å². The summed E-state index contributed by atoms with van der Waals surface area (Å²) < 4.78 is 13.2. The fraction of sp³-hybridized carbons (Fsp3) is 0.353. The normalized spacial score (nSPS) is 15.4. The number of hydrogen-bond donors (Lipinski definition) is 1. The van der Waals surface area contributed by atoms with E-state index in [9.17, 15) is 14.0 Å². The molecule has 0 radical (unpaired) electrons. The van der Waals surface area contributed by atoms with Crippen LogP contribution >= 0.6 is 11.6 Å². The molecule has 3 rings (SSSR count). The van der Waals surface area contributed by atoms with E-state index in [4.69, 9.17) is 11.6 Å². The number of hydrogen-bond acceptors (Lipinski definition) is 4. The molecule has 1 aromatic heterocycles. The molecule has 1 aliphatic rings. The van der Waals surface area contributed by atoms with Crippen LogP contribution < -0.4 is 5.32 Å². The first-order valence-corrected chi connectivity index (χ1v) is 8.32. The summed E-state index contributed by atoms with van der Waals surface area (Å²) >= 11 is 6.04. The maximum Gasteiger partial charge on any atom is 0.254 e. The van der Waals surface area contributed by atoms with E-state index in [1.165, 1.54) is 18.2 Å². The van der Waals surface area contributed by atoms with Crippen molar-refractivity contribution in [3.63, 3.8) is 0 Å². The molecule has 0 atom stereocenters. The monoisotopic (exact) mass is 364 g/mol. The second-order valence-electron chi connectivity index (χ2n) is 6.03. The van der Waals surface area contributed by atoms with Crippen LogP contribution in [0.1, 0.15) is 10.4 Å². The molecule has 25 heavy (non-hydrogen) atoms. The molecule has 0 spiro atoms. The number of carbonyl (C=O) groups excluding carboxylic acids is 2. The fourth-order valence-electron chi connectivity index (χ4n) is 2.69. The van der Waals surface area contributed by atoms with Gasteiger partial charge >= 0.3 is 0 Å². The highest BCUT2D eigenvalue weighted by Crippen LogP contribution is 2.21. The van der Waals surface area contributed by atoms with Gasteiger partial charge in [0.1, 0.15) is 11.0 Å². The van der Waals surface area contributed by atoms with Crippen molar-refractivity contribution in [3.05, 3.63) is 40.8 Å². The molecule has 6 nitrogen and oxygen atoms in total. The first-order chi connectivity index (χ1) is 11.9. The fourth-order valence-corrected chi connectivity index (χ4v) is 2.93. The van der Waals surface area contributed by atoms with Crippen molar-refractivity contribution >= 4 is 34.3 Å². The van der Waals surface area contributed by atoms with Crippen molar-refractivity contribution in [2.24, 2.45) is 0 Å². The van der Waals surface area contributed by atoms with Crippen molar-refractivity contribution in [1.82, 2.24) is 20.1 Å². The zero-order chi connectivity index (χ0) is 18.0. The number of pyridine rings is 1. The SMILES string of the molecule is CN1CCN(C(=O)CNC(=O)c2cc3ccc(F)cc3nc2Cl)CC1. The summed E-state index contributed by atoms with van der Waals surface area (Å²) in [7, 11) is 2.00. The molecule has 2 amide bonds. The maximum atomic E-state index is 13.2. The van der Waals surface area contributed by atoms with Gasteiger partial charge in [0.25, 0.3) is 5.91 Å². The lowest BCUT2D eigenvalue weighted by Crippen LogP contribution is -2.50. The minimum atomic E-state index is -0.480. The predicted octanol–water partition coefficient (Wildman–Crippen LogP) is 1.53. The number of aromatic nitrogens is 1. The van der Waals surface area contributed by atoms with Gasteiger partial charge in [-0.05, 0) is 25.2 Å². The van der Waals surface area contributed by atoms with Crippen LogP contribution in [0.25, 0.3) is 10.9 Å². The Morgan fingerprint density at radius 3 is 2.68 bits per heavy atom. The van der Waals surface area contributed by atoms with Gasteiger partial charge in [0.05, 0.1) is 17.6 Å². The molecule has 1 fully saturated rings. The van der Waals surface area contributed by atoms with E-state index >= 15 is 0 Å². The number of nitrogens with zero attached hydrogens (tertiary/aromatic N) is 3. The Balaban J connectivity index is 1.67. The van der Waals surface area contributed by atoms with Gasteiger partial charge in [-0.2, -0.15) is 0 Å². The van der Waals surface area contributed by atoms with E-state index in [-0.39, 0.29) is 23.2 Å². The van der Waals surface area contributed by atoms with Crippen LogP contribution in [0.5, 0.6) is 0 Å². The van der Waals surface area contributed by atoms with E-state index in [0.717, 1.165) is 13.1 Å². The summed E-state index contributed by atoms with van der Waals surface area (Å²) in [5, 5.41) is 3.16. The van der Waals surface area contributed by atoms with Crippen molar-refractivity contribution in [1.29, 1.82) is 0 Å². The van der Waals surface area contributed by atoms with Crippen LogP contribution in [0.2, 0.25) is 5.15 Å². The lowest BCUT2D eigenvalue weighted by atomic mass is 10.1. The summed E-state index contributed by atoms with van der Waals surface area (Å²) in [4.78, 5) is 32.4. The van der Waals surface area contributed by atoms with Crippen molar-refractivity contribution in [3.8, 4) is 0 Å². The molecule has 2 aromatic rings. The number of rotatable bonds is 3. The molecular formula is C17H18ClFN4O2. The Hall–Kier alpha value is -2.25. The Morgan fingerprint density at radius 2 is 1.96 bits per heavy atom. The lowest BCUT2D eigenvalue weighted by Gasteiger charge is -2.32. The number of likely N-dealkylation sites (N-methyl/N-ethyl adjacent to an activating group) is 1. The number of carbonyl (C=O) groups is 2. The average molecular weight is 365 g/mol. The standard InChI is InChI=1S/C17H18ClFN4O2/c1-22-4-6-23(7-5-22)15(24)10-20-17(25)13-8-11-2-3-12(19)9-14(11)21-16(13)18/h2-3,8-9H,4-7,10H2,1H3,(H,20,25). The molecule has 1 aromatic carbocycles. The van der Waals surface area contributed by atoms with Crippen molar-refractivity contribution < 1.29 is 14.0 Å². The van der Waals surface area contributed by atoms with Gasteiger partial charge in [-0.1, -0.05) is 11.6 Å². The summed E-state index contributed by atoms with van der Waals surface area (Å²) in [5.41, 5.74) is 0.530. The molecule has 0 saturated carbocycles. The molecule has 0 aliphatic carbocycles. The Kier molecular flexibility index (Phi) is 5.15. The minimum absolute atomic E-state index is 0.0253. The molecule has 1 N–H and O–H groups in total. The Bertz CT molecular complexity index is 822. The third-order valence-electron chi connectivity index (χ3n) is 4.23. The highest BCUT2D eigenvalue weighted by Gasteiger charge is 2.20. The molecule has 8 heteroatoms. The third kappa shape index (κ3) is 4.05. The average Bonchev–Trinajstić information content (AvgIpc) is 2.59. The molecule has 1 saturated heterocycles. The summed E-state index contributed by atoms with van der Waals surface area (Å²) in [6.45, 7) is 2.83. The number of fused-ring (bicyclic) bond motifs is 1. The molecule has 0 bridgehead atoms. The molecule has 0 unspecified atom stereocenters. The molecule has 1 aliphatic heterocycles. The summed E-state index contributed by atoms with van der Waals surface area (Å²) in [6, 6.07) is 5.61. The number of halogens is 2. The van der Waals surface area contributed by atoms with Gasteiger partial charge in [-0.15, -0.1) is 0 Å². The van der Waals surface area contributed by atoms with Gasteiger partial charge in [0.2, 0.25) is 5.91 Å². The van der Waals surface area contributed by atoms with E-state index in [2.05, 4.69) is 15.2 Å². The summed E-state index contributed by atoms with van der Waals surface area (Å²) in [6.07, 6.45) is 0. The van der Waals surface area contributed by atoms with E-state index < -0.39 is 11.7 Å². The summed E-state index contributed by atoms with van der Waals surface area (Å²) in [5.74, 6) is -1.04. The first-order valence-electron chi connectivity index (χ1n) is 7.94. The maximum absolute atomic E-state index is 13.2. The highest BCUT2D eigenvalue weighted by molar-refractivity contribution is 6.33. The topological polar surface area (TPSA) is 65.5 Å². The minimum Gasteiger partial charge on any atom is -0.343 e. The molecule has 132 valence electrons. The zero-order valence-corrected chi connectivity index (χ0v) is 14.5. The van der Waals surface area contributed by atoms with Crippen LogP contribution in [0.4, 0.5) is 4.39 Å². The van der Waals surface area contributed by atoms with E-state index in [0.29, 0.717) is 24.0 Å². The zero-order valence-electron chi connectivity index (χ0n) is 13.8. The van der Waals surface area contributed by atoms with Gasteiger partial charge in [-0.3, -0.25) is 9.59 Å². The Morgan fingerprint density at radius 1 is 1.24 bits per heavy atom. The number of piperazine rings is 1. The van der Waals surface area contributed by atoms with Crippen LogP contribution in [-0.2, 0) is 4.79 Å². The largest absolute Gasteiger partial charge is 0.343 e. The van der Waals surface area contributed by atoms with Crippen LogP contribution in [0, 0.1) is 5.82 Å². The van der Waals surface area contributed by atoms with E-state index in [1.807, 2.05) is 7.05 Å². The number of nitrogens with one attached hydrogen (secondary N) is 1. The highest BCUT2D eigenvalue weighted by atomic mass is 35.5. The number of amides is 2. The third-order valence-corrected chi connectivity index (χ3v) is 4.52. The molecular weight excluding hydrogens is 347 g/mol. The van der Waals surface area contributed by atoms with Crippen LogP contribution in [0.15, 0.2) is 24.3 Å². The van der Waals surface area contributed by atoms with Crippen LogP contribution in [-0.4, -0.2) is 66.4 Å². The second kappa shape index (κ2) is 7.33. The predicted molar refractivity (Wildman–Crippen MR) is 93.1 cm³/mol. The molecule has 2 heterocycles. The number of benzene rings is 1. The van der Waals surface area contributed by atoms with Gasteiger partial charge in [0.15, 0.2) is 0 Å².